The topological polar surface area (TPSA) is 16.1 Å². The van der Waals surface area contributed by atoms with Crippen LogP contribution in [0.5, 0.6) is 0 Å². The van der Waals surface area contributed by atoms with Crippen molar-refractivity contribution in [1.29, 1.82) is 0 Å². The lowest BCUT2D eigenvalue weighted by Gasteiger charge is -2.50. The quantitative estimate of drug-likeness (QED) is 0.156. The van der Waals surface area contributed by atoms with Gasteiger partial charge in [0.25, 0.3) is 0 Å². The Kier molecular flexibility index (Phi) is 8.09. The molecular weight excluding hydrogens is 737 g/mol. The molecule has 2 aliphatic rings. The van der Waals surface area contributed by atoms with Crippen LogP contribution in [0.4, 0.5) is 11.4 Å². The lowest BCUT2D eigenvalue weighted by atomic mass is 9.61. The third-order valence-electron chi connectivity index (χ3n) is 14.6. The summed E-state index contributed by atoms with van der Waals surface area (Å²) in [6, 6.07) is 71.7. The summed E-state index contributed by atoms with van der Waals surface area (Å²) in [5, 5.41) is 7.60. The maximum Gasteiger partial charge on any atom is 0.0715 e. The van der Waals surface area contributed by atoms with Crippen LogP contribution in [0.3, 0.4) is 0 Å². The molecule has 1 aliphatic heterocycles. The number of para-hydroxylation sites is 1. The predicted octanol–water partition coefficient (Wildman–Crippen LogP) is 16.1. The number of anilines is 2. The van der Waals surface area contributed by atoms with Gasteiger partial charge in [-0.05, 0) is 140 Å². The van der Waals surface area contributed by atoms with Gasteiger partial charge in [0.05, 0.1) is 16.9 Å². The van der Waals surface area contributed by atoms with Gasteiger partial charge in [0.1, 0.15) is 0 Å². The fourth-order valence-corrected chi connectivity index (χ4v) is 11.4. The standard InChI is InChI=1S/C59H46N2/c1-58-34-15-16-35-59(58,2)61(43-24-13-6-14-25-43)55-33-28-42(36-52(55)58)53-26-17-27-54(60-53)51-38-50(41-22-11-5-12-23-41)46-30-29-44-48(39-18-7-3-8-19-39)37-49(40-20-9-4-10-21-40)45-31-32-47(51)57(46)56(44)45/h3-14,17-33,36-38H,15-16,34-35H2,1-2H3. The van der Waals surface area contributed by atoms with E-state index >= 15 is 0 Å². The third-order valence-corrected chi connectivity index (χ3v) is 14.6. The number of rotatable bonds is 6. The Morgan fingerprint density at radius 2 is 0.885 bits per heavy atom. The van der Waals surface area contributed by atoms with Crippen molar-refractivity contribution >= 4 is 43.7 Å². The van der Waals surface area contributed by atoms with Gasteiger partial charge in [-0.2, -0.15) is 0 Å². The number of benzene rings is 9. The van der Waals surface area contributed by atoms with Crippen molar-refractivity contribution in [2.24, 2.45) is 0 Å². The highest BCUT2D eigenvalue weighted by atomic mass is 15.3. The predicted molar refractivity (Wildman–Crippen MR) is 258 cm³/mol. The van der Waals surface area contributed by atoms with Gasteiger partial charge in [-0.3, -0.25) is 0 Å². The molecule has 9 aromatic carbocycles. The Morgan fingerprint density at radius 1 is 0.410 bits per heavy atom. The zero-order chi connectivity index (χ0) is 40.7. The Balaban J connectivity index is 1.09. The van der Waals surface area contributed by atoms with Crippen LogP contribution >= 0.6 is 0 Å². The molecule has 292 valence electrons. The number of nitrogens with zero attached hydrogens (tertiary/aromatic N) is 2. The van der Waals surface area contributed by atoms with E-state index in [2.05, 4.69) is 213 Å². The zero-order valence-corrected chi connectivity index (χ0v) is 34.7. The molecule has 10 aromatic rings. The molecular formula is C59H46N2. The second-order valence-corrected chi connectivity index (χ2v) is 17.7. The fourth-order valence-electron chi connectivity index (χ4n) is 11.4. The van der Waals surface area contributed by atoms with Crippen molar-refractivity contribution in [3.8, 4) is 55.9 Å². The number of hydrogen-bond donors (Lipinski definition) is 0. The van der Waals surface area contributed by atoms with Crippen molar-refractivity contribution in [1.82, 2.24) is 4.98 Å². The highest BCUT2D eigenvalue weighted by molar-refractivity contribution is 6.31. The van der Waals surface area contributed by atoms with Crippen molar-refractivity contribution in [3.63, 3.8) is 0 Å². The molecule has 0 spiro atoms. The molecule has 2 atom stereocenters. The van der Waals surface area contributed by atoms with Crippen LogP contribution in [-0.4, -0.2) is 10.5 Å². The average Bonchev–Trinajstić information content (AvgIpc) is 3.54. The molecule has 1 fully saturated rings. The van der Waals surface area contributed by atoms with E-state index in [4.69, 9.17) is 4.98 Å². The summed E-state index contributed by atoms with van der Waals surface area (Å²) >= 11 is 0. The summed E-state index contributed by atoms with van der Waals surface area (Å²) < 4.78 is 0. The van der Waals surface area contributed by atoms with E-state index in [1.54, 1.807) is 0 Å². The molecule has 12 rings (SSSR count). The summed E-state index contributed by atoms with van der Waals surface area (Å²) in [7, 11) is 0. The van der Waals surface area contributed by atoms with Crippen LogP contribution in [0.2, 0.25) is 0 Å². The molecule has 61 heavy (non-hydrogen) atoms. The third kappa shape index (κ3) is 5.38. The summed E-state index contributed by atoms with van der Waals surface area (Å²) in [5.41, 5.74) is 15.8. The van der Waals surface area contributed by atoms with E-state index in [1.807, 2.05) is 0 Å². The maximum atomic E-state index is 5.59. The number of hydrogen-bond acceptors (Lipinski definition) is 2. The molecule has 0 radical (unpaired) electrons. The molecule has 2 heteroatoms. The van der Waals surface area contributed by atoms with Crippen LogP contribution < -0.4 is 4.90 Å². The number of pyridine rings is 1. The monoisotopic (exact) mass is 782 g/mol. The molecule has 0 bridgehead atoms. The van der Waals surface area contributed by atoms with Gasteiger partial charge in [-0.25, -0.2) is 4.98 Å². The molecule has 2 unspecified atom stereocenters. The minimum absolute atomic E-state index is 0.000846. The highest BCUT2D eigenvalue weighted by Gasteiger charge is 2.57. The van der Waals surface area contributed by atoms with Crippen LogP contribution in [0.1, 0.15) is 45.1 Å². The van der Waals surface area contributed by atoms with Crippen LogP contribution in [0.15, 0.2) is 194 Å². The second kappa shape index (κ2) is 13.8. The minimum Gasteiger partial charge on any atom is -0.334 e. The van der Waals surface area contributed by atoms with E-state index in [0.717, 1.165) is 17.0 Å². The summed E-state index contributed by atoms with van der Waals surface area (Å²) in [6.45, 7) is 5.02. The summed E-state index contributed by atoms with van der Waals surface area (Å²) in [5.74, 6) is 0. The Labute approximate surface area is 358 Å². The second-order valence-electron chi connectivity index (χ2n) is 17.7. The molecule has 1 aromatic heterocycles. The SMILES string of the molecule is CC12CCCCC1(C)N(c1ccccc1)c1ccc(-c3cccc(-c4cc(-c5ccccc5)c5ccc6c(-c7ccccc7)cc(-c7ccccc7)c7ccc4c5c67)n3)cc12. The Morgan fingerprint density at radius 3 is 1.44 bits per heavy atom. The number of aromatic nitrogens is 1. The van der Waals surface area contributed by atoms with Gasteiger partial charge < -0.3 is 4.90 Å². The maximum absolute atomic E-state index is 5.59. The van der Waals surface area contributed by atoms with E-state index in [0.29, 0.717) is 0 Å². The van der Waals surface area contributed by atoms with Crippen LogP contribution in [0.25, 0.3) is 88.2 Å². The van der Waals surface area contributed by atoms with E-state index in [9.17, 15) is 0 Å². The van der Waals surface area contributed by atoms with Gasteiger partial charge in [0, 0.05) is 27.9 Å². The van der Waals surface area contributed by atoms with Crippen LogP contribution in [-0.2, 0) is 5.41 Å². The normalized spacial score (nSPS) is 18.5. The van der Waals surface area contributed by atoms with E-state index in [-0.39, 0.29) is 11.0 Å². The van der Waals surface area contributed by atoms with Crippen molar-refractivity contribution in [2.75, 3.05) is 4.90 Å². The van der Waals surface area contributed by atoms with Crippen molar-refractivity contribution in [2.45, 2.75) is 50.5 Å². The summed E-state index contributed by atoms with van der Waals surface area (Å²) in [6.07, 6.45) is 4.86. The highest BCUT2D eigenvalue weighted by Crippen LogP contribution is 2.61. The van der Waals surface area contributed by atoms with E-state index in [1.165, 1.54) is 114 Å². The first-order valence-corrected chi connectivity index (χ1v) is 21.9. The molecule has 2 nitrogen and oxygen atoms in total. The first-order chi connectivity index (χ1) is 30.0. The minimum atomic E-state index is -0.000846. The molecule has 1 saturated carbocycles. The first kappa shape index (κ1) is 35.9. The number of fused-ring (bicyclic) bond motifs is 3. The van der Waals surface area contributed by atoms with Gasteiger partial charge in [-0.1, -0.05) is 165 Å². The van der Waals surface area contributed by atoms with Crippen molar-refractivity contribution < 1.29 is 0 Å². The Bertz CT molecular complexity index is 3210. The zero-order valence-electron chi connectivity index (χ0n) is 34.7. The Hall–Kier alpha value is -7.03. The summed E-state index contributed by atoms with van der Waals surface area (Å²) in [4.78, 5) is 8.24. The molecule has 0 N–H and O–H groups in total. The van der Waals surface area contributed by atoms with Crippen molar-refractivity contribution in [3.05, 3.63) is 200 Å². The lowest BCUT2D eigenvalue weighted by molar-refractivity contribution is 0.195. The largest absolute Gasteiger partial charge is 0.334 e. The van der Waals surface area contributed by atoms with Gasteiger partial charge >= 0.3 is 0 Å². The van der Waals surface area contributed by atoms with Crippen LogP contribution in [0, 0.1) is 0 Å². The first-order valence-electron chi connectivity index (χ1n) is 21.9. The molecule has 0 saturated heterocycles. The molecule has 2 heterocycles. The lowest BCUT2D eigenvalue weighted by Crippen LogP contribution is -2.54. The van der Waals surface area contributed by atoms with Gasteiger partial charge in [0.2, 0.25) is 0 Å². The molecule has 1 aliphatic carbocycles. The average molecular weight is 783 g/mol. The van der Waals surface area contributed by atoms with Gasteiger partial charge in [-0.15, -0.1) is 0 Å². The molecule has 0 amide bonds. The van der Waals surface area contributed by atoms with E-state index < -0.39 is 0 Å². The fraction of sp³-hybridized carbons (Fsp3) is 0.136. The van der Waals surface area contributed by atoms with Gasteiger partial charge in [0.15, 0.2) is 0 Å². The smallest absolute Gasteiger partial charge is 0.0715 e.